The number of hydrogen-bond donors (Lipinski definition) is 1. The van der Waals surface area contributed by atoms with Crippen molar-refractivity contribution in [3.05, 3.63) is 46.7 Å². The predicted molar refractivity (Wildman–Crippen MR) is 65.3 cm³/mol. The van der Waals surface area contributed by atoms with Crippen molar-refractivity contribution in [1.82, 2.24) is 0 Å². The van der Waals surface area contributed by atoms with E-state index in [1.165, 1.54) is 35.6 Å². The van der Waals surface area contributed by atoms with Crippen molar-refractivity contribution < 1.29 is 18.3 Å². The molecule has 1 heterocycles. The van der Waals surface area contributed by atoms with E-state index in [1.54, 1.807) is 16.8 Å². The number of nitrogens with one attached hydrogen (secondary N) is 1. The van der Waals surface area contributed by atoms with Crippen molar-refractivity contribution in [3.8, 4) is 5.75 Å². The minimum Gasteiger partial charge on any atom is -0.435 e. The predicted octanol–water partition coefficient (Wildman–Crippen LogP) is 3.60. The molecule has 18 heavy (non-hydrogen) atoms. The van der Waals surface area contributed by atoms with Crippen LogP contribution in [0.1, 0.15) is 10.4 Å². The molecule has 6 heteroatoms. The van der Waals surface area contributed by atoms with E-state index >= 15 is 0 Å². The van der Waals surface area contributed by atoms with Crippen LogP contribution in [0.15, 0.2) is 41.1 Å². The summed E-state index contributed by atoms with van der Waals surface area (Å²) >= 11 is 1.42. The second-order valence-corrected chi connectivity index (χ2v) is 4.15. The summed E-state index contributed by atoms with van der Waals surface area (Å²) in [5, 5.41) is 6.18. The average molecular weight is 269 g/mol. The summed E-state index contributed by atoms with van der Waals surface area (Å²) in [6, 6.07) is 7.45. The number of carbonyl (C=O) groups excluding carboxylic acids is 1. The summed E-state index contributed by atoms with van der Waals surface area (Å²) in [4.78, 5) is 11.7. The summed E-state index contributed by atoms with van der Waals surface area (Å²) in [5.41, 5.74) is 1.08. The van der Waals surface area contributed by atoms with E-state index in [4.69, 9.17) is 0 Å². The van der Waals surface area contributed by atoms with Crippen LogP contribution in [-0.2, 0) is 0 Å². The number of benzene rings is 1. The molecule has 0 aliphatic carbocycles. The second kappa shape index (κ2) is 5.59. The van der Waals surface area contributed by atoms with Crippen molar-refractivity contribution in [2.45, 2.75) is 6.61 Å². The van der Waals surface area contributed by atoms with Crippen LogP contribution < -0.4 is 10.1 Å². The molecule has 0 aliphatic rings. The molecule has 2 aromatic rings. The van der Waals surface area contributed by atoms with Gasteiger partial charge in [-0.05, 0) is 35.7 Å². The maximum absolute atomic E-state index is 11.9. The smallest absolute Gasteiger partial charge is 0.387 e. The quantitative estimate of drug-likeness (QED) is 0.921. The fourth-order valence-electron chi connectivity index (χ4n) is 1.32. The lowest BCUT2D eigenvalue weighted by atomic mass is 10.2. The third-order valence-electron chi connectivity index (χ3n) is 2.12. The molecular weight excluding hydrogens is 260 g/mol. The fraction of sp³-hybridized carbons (Fsp3) is 0.0833. The van der Waals surface area contributed by atoms with Crippen LogP contribution >= 0.6 is 11.3 Å². The number of thiophene rings is 1. The van der Waals surface area contributed by atoms with Gasteiger partial charge in [-0.15, -0.1) is 0 Å². The molecule has 0 spiro atoms. The Morgan fingerprint density at radius 1 is 1.22 bits per heavy atom. The lowest BCUT2D eigenvalue weighted by Crippen LogP contribution is -2.10. The average Bonchev–Trinajstić information content (AvgIpc) is 2.84. The Labute approximate surface area is 106 Å². The number of carbonyl (C=O) groups is 1. The lowest BCUT2D eigenvalue weighted by molar-refractivity contribution is -0.0498. The van der Waals surface area contributed by atoms with E-state index in [-0.39, 0.29) is 11.7 Å². The van der Waals surface area contributed by atoms with Gasteiger partial charge < -0.3 is 10.1 Å². The summed E-state index contributed by atoms with van der Waals surface area (Å²) < 4.78 is 28.1. The number of alkyl halides is 2. The summed E-state index contributed by atoms with van der Waals surface area (Å²) in [5.74, 6) is -0.183. The van der Waals surface area contributed by atoms with Crippen LogP contribution in [0.2, 0.25) is 0 Å². The van der Waals surface area contributed by atoms with Crippen molar-refractivity contribution in [1.29, 1.82) is 0 Å². The van der Waals surface area contributed by atoms with Crippen molar-refractivity contribution in [2.75, 3.05) is 5.32 Å². The number of ether oxygens (including phenoxy) is 1. The van der Waals surface area contributed by atoms with E-state index < -0.39 is 6.61 Å². The summed E-state index contributed by atoms with van der Waals surface area (Å²) in [6.45, 7) is -2.85. The van der Waals surface area contributed by atoms with E-state index in [0.717, 1.165) is 0 Å². The molecule has 94 valence electrons. The lowest BCUT2D eigenvalue weighted by Gasteiger charge is -2.06. The Bertz CT molecular complexity index is 511. The standard InChI is InChI=1S/C12H9F2NO2S/c13-12(14)17-10-3-1-9(2-4-10)15-11(16)8-5-6-18-7-8/h1-7,12H,(H,15,16). The number of amides is 1. The van der Waals surface area contributed by atoms with Gasteiger partial charge in [-0.2, -0.15) is 20.1 Å². The third kappa shape index (κ3) is 3.27. The first-order valence-electron chi connectivity index (χ1n) is 5.03. The third-order valence-corrected chi connectivity index (χ3v) is 2.80. The molecule has 1 N–H and O–H groups in total. The first-order chi connectivity index (χ1) is 8.65. The highest BCUT2D eigenvalue weighted by atomic mass is 32.1. The molecule has 1 aromatic heterocycles. The van der Waals surface area contributed by atoms with Gasteiger partial charge >= 0.3 is 6.61 Å². The first kappa shape index (κ1) is 12.5. The second-order valence-electron chi connectivity index (χ2n) is 3.37. The van der Waals surface area contributed by atoms with Crippen molar-refractivity contribution in [3.63, 3.8) is 0 Å². The zero-order valence-corrected chi connectivity index (χ0v) is 9.92. The molecule has 0 radical (unpaired) electrons. The first-order valence-corrected chi connectivity index (χ1v) is 5.98. The van der Waals surface area contributed by atoms with Gasteiger partial charge in [0.15, 0.2) is 0 Å². The van der Waals surface area contributed by atoms with Gasteiger partial charge in [-0.25, -0.2) is 0 Å². The molecule has 0 unspecified atom stereocenters. The van der Waals surface area contributed by atoms with Gasteiger partial charge in [-0.1, -0.05) is 0 Å². The number of halogens is 2. The molecule has 1 amide bonds. The van der Waals surface area contributed by atoms with Gasteiger partial charge in [0.2, 0.25) is 0 Å². The zero-order valence-electron chi connectivity index (χ0n) is 9.10. The Hall–Kier alpha value is -1.95. The highest BCUT2D eigenvalue weighted by Crippen LogP contribution is 2.18. The fourth-order valence-corrected chi connectivity index (χ4v) is 1.95. The van der Waals surface area contributed by atoms with Crippen LogP contribution in [0.4, 0.5) is 14.5 Å². The van der Waals surface area contributed by atoms with Crippen LogP contribution in [0, 0.1) is 0 Å². The largest absolute Gasteiger partial charge is 0.435 e. The Morgan fingerprint density at radius 2 is 1.94 bits per heavy atom. The van der Waals surface area contributed by atoms with E-state index in [0.29, 0.717) is 11.3 Å². The van der Waals surface area contributed by atoms with Crippen LogP contribution in [-0.4, -0.2) is 12.5 Å². The Morgan fingerprint density at radius 3 is 2.50 bits per heavy atom. The highest BCUT2D eigenvalue weighted by molar-refractivity contribution is 7.08. The highest BCUT2D eigenvalue weighted by Gasteiger charge is 2.07. The summed E-state index contributed by atoms with van der Waals surface area (Å²) in [7, 11) is 0. The van der Waals surface area contributed by atoms with Crippen LogP contribution in [0.3, 0.4) is 0 Å². The van der Waals surface area contributed by atoms with E-state index in [2.05, 4.69) is 10.1 Å². The molecular formula is C12H9F2NO2S. The zero-order chi connectivity index (χ0) is 13.0. The number of anilines is 1. The molecule has 0 saturated carbocycles. The topological polar surface area (TPSA) is 38.3 Å². The van der Waals surface area contributed by atoms with E-state index in [1.807, 2.05) is 0 Å². The molecule has 0 bridgehead atoms. The van der Waals surface area contributed by atoms with Crippen molar-refractivity contribution >= 4 is 22.9 Å². The van der Waals surface area contributed by atoms with Gasteiger partial charge in [0.25, 0.3) is 5.91 Å². The SMILES string of the molecule is O=C(Nc1ccc(OC(F)F)cc1)c1ccsc1. The monoisotopic (exact) mass is 269 g/mol. The van der Waals surface area contributed by atoms with Crippen LogP contribution in [0.5, 0.6) is 5.75 Å². The molecule has 3 nitrogen and oxygen atoms in total. The normalized spacial score (nSPS) is 10.4. The minimum atomic E-state index is -2.85. The molecule has 0 saturated heterocycles. The number of hydrogen-bond acceptors (Lipinski definition) is 3. The molecule has 2 rings (SSSR count). The maximum Gasteiger partial charge on any atom is 0.387 e. The maximum atomic E-state index is 11.9. The Kier molecular flexibility index (Phi) is 3.88. The molecule has 0 aliphatic heterocycles. The minimum absolute atomic E-state index is 0.0542. The van der Waals surface area contributed by atoms with Crippen molar-refractivity contribution in [2.24, 2.45) is 0 Å². The van der Waals surface area contributed by atoms with Crippen LogP contribution in [0.25, 0.3) is 0 Å². The Balaban J connectivity index is 2.00. The van der Waals surface area contributed by atoms with Gasteiger partial charge in [0, 0.05) is 11.1 Å². The molecule has 0 atom stereocenters. The van der Waals surface area contributed by atoms with Gasteiger partial charge in [0.05, 0.1) is 5.56 Å². The summed E-state index contributed by atoms with van der Waals surface area (Å²) in [6.07, 6.45) is 0. The van der Waals surface area contributed by atoms with Gasteiger partial charge in [0.1, 0.15) is 5.75 Å². The molecule has 1 aromatic carbocycles. The molecule has 0 fully saturated rings. The van der Waals surface area contributed by atoms with E-state index in [9.17, 15) is 13.6 Å². The number of rotatable bonds is 4. The van der Waals surface area contributed by atoms with Gasteiger partial charge in [-0.3, -0.25) is 4.79 Å².